The number of ether oxygens (including phenoxy) is 2. The number of rotatable bonds is 7. The summed E-state index contributed by atoms with van der Waals surface area (Å²) < 4.78 is 12.8. The lowest BCUT2D eigenvalue weighted by molar-refractivity contribution is -0.134. The van der Waals surface area contributed by atoms with Gasteiger partial charge in [-0.2, -0.15) is 0 Å². The monoisotopic (exact) mass is 487 g/mol. The summed E-state index contributed by atoms with van der Waals surface area (Å²) in [5.41, 5.74) is 2.67. The second-order valence-electron chi connectivity index (χ2n) is 7.92. The van der Waals surface area contributed by atoms with E-state index in [1.54, 1.807) is 19.5 Å². The molecule has 8 nitrogen and oxygen atoms in total. The molecule has 5 rings (SSSR count). The SMILES string of the molecule is COc1ccc(-n2c(SC(C(=O)N3CCOCC3)c3ccccc3)nnc2-c2ccncc2)cc1. The Morgan fingerprint density at radius 1 is 0.971 bits per heavy atom. The van der Waals surface area contributed by atoms with Crippen LogP contribution in [0.5, 0.6) is 5.75 Å². The van der Waals surface area contributed by atoms with Crippen molar-refractivity contribution in [2.45, 2.75) is 10.4 Å². The van der Waals surface area contributed by atoms with Crippen LogP contribution in [0, 0.1) is 0 Å². The zero-order valence-corrected chi connectivity index (χ0v) is 20.1. The first-order valence-electron chi connectivity index (χ1n) is 11.3. The molecule has 0 aliphatic carbocycles. The molecule has 1 atom stereocenters. The summed E-state index contributed by atoms with van der Waals surface area (Å²) in [6.45, 7) is 2.25. The molecule has 9 heteroatoms. The number of aromatic nitrogens is 4. The summed E-state index contributed by atoms with van der Waals surface area (Å²) in [7, 11) is 1.64. The fourth-order valence-electron chi connectivity index (χ4n) is 3.94. The van der Waals surface area contributed by atoms with Gasteiger partial charge in [0.1, 0.15) is 11.0 Å². The molecule has 4 aromatic rings. The van der Waals surface area contributed by atoms with Gasteiger partial charge in [0.05, 0.1) is 20.3 Å². The number of hydrogen-bond donors (Lipinski definition) is 0. The van der Waals surface area contributed by atoms with Crippen molar-refractivity contribution < 1.29 is 14.3 Å². The van der Waals surface area contributed by atoms with Gasteiger partial charge in [0, 0.05) is 36.7 Å². The first-order chi connectivity index (χ1) is 17.2. The molecule has 178 valence electrons. The van der Waals surface area contributed by atoms with Gasteiger partial charge in [0.15, 0.2) is 11.0 Å². The van der Waals surface area contributed by atoms with Crippen LogP contribution in [-0.4, -0.2) is 64.0 Å². The Hall–Kier alpha value is -3.69. The van der Waals surface area contributed by atoms with Crippen LogP contribution in [0.4, 0.5) is 0 Å². The lowest BCUT2D eigenvalue weighted by Crippen LogP contribution is -2.42. The fraction of sp³-hybridized carbons (Fsp3) is 0.231. The molecule has 1 aliphatic rings. The maximum absolute atomic E-state index is 13.7. The van der Waals surface area contributed by atoms with Gasteiger partial charge in [-0.05, 0) is 42.0 Å². The lowest BCUT2D eigenvalue weighted by Gasteiger charge is -2.30. The molecule has 0 N–H and O–H groups in total. The van der Waals surface area contributed by atoms with Gasteiger partial charge >= 0.3 is 0 Å². The van der Waals surface area contributed by atoms with E-state index < -0.39 is 5.25 Å². The smallest absolute Gasteiger partial charge is 0.240 e. The van der Waals surface area contributed by atoms with Crippen LogP contribution in [0.3, 0.4) is 0 Å². The Balaban J connectivity index is 1.57. The number of carbonyl (C=O) groups excluding carboxylic acids is 1. The number of nitrogens with zero attached hydrogens (tertiary/aromatic N) is 5. The van der Waals surface area contributed by atoms with E-state index in [0.717, 1.165) is 22.6 Å². The molecule has 1 aliphatic heterocycles. The van der Waals surface area contributed by atoms with Crippen LogP contribution in [-0.2, 0) is 9.53 Å². The molecule has 35 heavy (non-hydrogen) atoms. The van der Waals surface area contributed by atoms with Crippen molar-refractivity contribution in [3.05, 3.63) is 84.7 Å². The Labute approximate surface area is 207 Å². The van der Waals surface area contributed by atoms with Crippen LogP contribution in [0.15, 0.2) is 84.3 Å². The minimum Gasteiger partial charge on any atom is -0.497 e. The van der Waals surface area contributed by atoms with E-state index in [-0.39, 0.29) is 5.91 Å². The second kappa shape index (κ2) is 10.7. The first kappa shape index (κ1) is 23.1. The van der Waals surface area contributed by atoms with Crippen molar-refractivity contribution >= 4 is 17.7 Å². The van der Waals surface area contributed by atoms with Crippen LogP contribution in [0.1, 0.15) is 10.8 Å². The van der Waals surface area contributed by atoms with Crippen molar-refractivity contribution in [1.29, 1.82) is 0 Å². The number of amides is 1. The van der Waals surface area contributed by atoms with E-state index in [9.17, 15) is 4.79 Å². The van der Waals surface area contributed by atoms with Crippen molar-refractivity contribution in [2.24, 2.45) is 0 Å². The number of thioether (sulfide) groups is 1. The highest BCUT2D eigenvalue weighted by atomic mass is 32.2. The average Bonchev–Trinajstić information content (AvgIpc) is 3.36. The molecule has 0 spiro atoms. The van der Waals surface area contributed by atoms with Gasteiger partial charge in [0.2, 0.25) is 5.91 Å². The number of morpholine rings is 1. The molecule has 1 saturated heterocycles. The molecule has 2 aromatic heterocycles. The Morgan fingerprint density at radius 2 is 1.69 bits per heavy atom. The lowest BCUT2D eigenvalue weighted by atomic mass is 10.1. The number of methoxy groups -OCH3 is 1. The molecule has 1 fully saturated rings. The predicted molar refractivity (Wildman–Crippen MR) is 134 cm³/mol. The zero-order valence-electron chi connectivity index (χ0n) is 19.3. The van der Waals surface area contributed by atoms with Crippen LogP contribution in [0.2, 0.25) is 0 Å². The quantitative estimate of drug-likeness (QED) is 0.364. The number of pyridine rings is 1. The van der Waals surface area contributed by atoms with Gasteiger partial charge in [-0.15, -0.1) is 10.2 Å². The summed E-state index contributed by atoms with van der Waals surface area (Å²) in [5.74, 6) is 1.47. The summed E-state index contributed by atoms with van der Waals surface area (Å²) in [4.78, 5) is 19.7. The normalized spacial score (nSPS) is 14.5. The van der Waals surface area contributed by atoms with Crippen LogP contribution >= 0.6 is 11.8 Å². The van der Waals surface area contributed by atoms with E-state index in [0.29, 0.717) is 37.3 Å². The fourth-order valence-corrected chi connectivity index (χ4v) is 5.08. The molecule has 0 saturated carbocycles. The molecule has 3 heterocycles. The summed E-state index contributed by atoms with van der Waals surface area (Å²) in [5, 5.41) is 9.20. The third-order valence-corrected chi connectivity index (χ3v) is 6.96. The van der Waals surface area contributed by atoms with E-state index >= 15 is 0 Å². The average molecular weight is 488 g/mol. The minimum absolute atomic E-state index is 0.0410. The maximum Gasteiger partial charge on any atom is 0.240 e. The largest absolute Gasteiger partial charge is 0.497 e. The van der Waals surface area contributed by atoms with E-state index in [4.69, 9.17) is 9.47 Å². The molecule has 1 amide bonds. The molecule has 0 bridgehead atoms. The van der Waals surface area contributed by atoms with Crippen molar-refractivity contribution in [1.82, 2.24) is 24.6 Å². The highest BCUT2D eigenvalue weighted by Gasteiger charge is 2.30. The van der Waals surface area contributed by atoms with Crippen molar-refractivity contribution in [3.8, 4) is 22.8 Å². The third kappa shape index (κ3) is 5.06. The highest BCUT2D eigenvalue weighted by molar-refractivity contribution is 8.00. The first-order valence-corrected chi connectivity index (χ1v) is 12.2. The van der Waals surface area contributed by atoms with Crippen LogP contribution in [0.25, 0.3) is 17.1 Å². The number of benzene rings is 2. The van der Waals surface area contributed by atoms with Gasteiger partial charge in [-0.3, -0.25) is 14.3 Å². The molecular formula is C26H25N5O3S. The minimum atomic E-state index is -0.471. The van der Waals surface area contributed by atoms with Crippen molar-refractivity contribution in [2.75, 3.05) is 33.4 Å². The molecule has 2 aromatic carbocycles. The highest BCUT2D eigenvalue weighted by Crippen LogP contribution is 2.39. The summed E-state index contributed by atoms with van der Waals surface area (Å²) >= 11 is 1.40. The summed E-state index contributed by atoms with van der Waals surface area (Å²) in [6.07, 6.45) is 3.45. The Bertz CT molecular complexity index is 1260. The number of hydrogen-bond acceptors (Lipinski definition) is 7. The van der Waals surface area contributed by atoms with E-state index in [1.807, 2.05) is 76.2 Å². The Kier molecular flexibility index (Phi) is 7.06. The molecule has 0 radical (unpaired) electrons. The van der Waals surface area contributed by atoms with E-state index in [1.165, 1.54) is 11.8 Å². The Morgan fingerprint density at radius 3 is 2.37 bits per heavy atom. The second-order valence-corrected chi connectivity index (χ2v) is 8.99. The summed E-state index contributed by atoms with van der Waals surface area (Å²) in [6, 6.07) is 21.3. The zero-order chi connectivity index (χ0) is 24.0. The van der Waals surface area contributed by atoms with Gasteiger partial charge < -0.3 is 14.4 Å². The maximum atomic E-state index is 13.7. The van der Waals surface area contributed by atoms with Gasteiger partial charge in [-0.1, -0.05) is 42.1 Å². The molecular weight excluding hydrogens is 462 g/mol. The predicted octanol–water partition coefficient (Wildman–Crippen LogP) is 4.03. The van der Waals surface area contributed by atoms with Gasteiger partial charge in [0.25, 0.3) is 0 Å². The van der Waals surface area contributed by atoms with E-state index in [2.05, 4.69) is 15.2 Å². The molecule has 1 unspecified atom stereocenters. The van der Waals surface area contributed by atoms with Crippen LogP contribution < -0.4 is 4.74 Å². The third-order valence-electron chi connectivity index (χ3n) is 5.78. The number of carbonyl (C=O) groups is 1. The standard InChI is InChI=1S/C26H25N5O3S/c1-33-22-9-7-21(8-10-22)31-24(20-11-13-27-14-12-20)28-29-26(31)35-23(19-5-3-2-4-6-19)25(32)30-15-17-34-18-16-30/h2-14,23H,15-18H2,1H3. The van der Waals surface area contributed by atoms with Crippen molar-refractivity contribution in [3.63, 3.8) is 0 Å². The van der Waals surface area contributed by atoms with Gasteiger partial charge in [-0.25, -0.2) is 0 Å². The topological polar surface area (TPSA) is 82.4 Å².